The van der Waals surface area contributed by atoms with Crippen LogP contribution in [0.25, 0.3) is 0 Å². The van der Waals surface area contributed by atoms with Crippen LogP contribution in [0.1, 0.15) is 66.9 Å². The molecule has 2 atom stereocenters. The smallest absolute Gasteiger partial charge is 0.328 e. The van der Waals surface area contributed by atoms with Gasteiger partial charge >= 0.3 is 11.9 Å². The van der Waals surface area contributed by atoms with E-state index in [9.17, 15) is 23.6 Å². The molecule has 0 unspecified atom stereocenters. The molecule has 8 nitrogen and oxygen atoms in total. The first kappa shape index (κ1) is 29.1. The standard InChI is InChI=1S/C25H37FN2O6/c1-8-33-19(29)15-14-18(22(31)34-9-2)27-21(30)20(24(3,4)5)28-23(32)25(6,7)16-10-12-17(26)13-11-16/h10-13,18,20H,8-9,14-15H2,1-7H3,(H,27,30)(H,28,32)/t18-,20-/m1/s1. The molecule has 0 aromatic heterocycles. The van der Waals surface area contributed by atoms with Gasteiger partial charge in [-0.1, -0.05) is 32.9 Å². The highest BCUT2D eigenvalue weighted by atomic mass is 19.1. The van der Waals surface area contributed by atoms with Crippen molar-refractivity contribution in [2.75, 3.05) is 13.2 Å². The van der Waals surface area contributed by atoms with Crippen LogP contribution in [-0.4, -0.2) is 49.1 Å². The minimum Gasteiger partial charge on any atom is -0.466 e. The molecule has 0 spiro atoms. The number of ether oxygens (including phenoxy) is 2. The van der Waals surface area contributed by atoms with E-state index in [-0.39, 0.29) is 26.1 Å². The van der Waals surface area contributed by atoms with E-state index in [0.717, 1.165) is 0 Å². The Morgan fingerprint density at radius 3 is 1.97 bits per heavy atom. The number of esters is 2. The van der Waals surface area contributed by atoms with Gasteiger partial charge in [0.25, 0.3) is 0 Å². The fourth-order valence-corrected chi connectivity index (χ4v) is 3.23. The maximum Gasteiger partial charge on any atom is 0.328 e. The highest BCUT2D eigenvalue weighted by Crippen LogP contribution is 2.26. The summed E-state index contributed by atoms with van der Waals surface area (Å²) in [6.07, 6.45) is -0.0863. The zero-order valence-electron chi connectivity index (χ0n) is 21.1. The Morgan fingerprint density at radius 1 is 0.912 bits per heavy atom. The SMILES string of the molecule is CCOC(=O)CC[C@@H](NC(=O)[C@@H](NC(=O)C(C)(C)c1ccc(F)cc1)C(C)(C)C)C(=O)OCC. The van der Waals surface area contributed by atoms with Crippen molar-refractivity contribution in [1.29, 1.82) is 0 Å². The van der Waals surface area contributed by atoms with E-state index in [1.165, 1.54) is 24.3 Å². The predicted octanol–water partition coefficient (Wildman–Crippen LogP) is 3.03. The summed E-state index contributed by atoms with van der Waals surface area (Å²) in [4.78, 5) is 50.6. The molecule has 0 aliphatic carbocycles. The Balaban J connectivity index is 3.07. The molecule has 1 aromatic rings. The molecule has 9 heteroatoms. The summed E-state index contributed by atoms with van der Waals surface area (Å²) >= 11 is 0. The molecule has 0 saturated carbocycles. The molecule has 0 fully saturated rings. The number of nitrogens with one attached hydrogen (secondary N) is 2. The monoisotopic (exact) mass is 480 g/mol. The quantitative estimate of drug-likeness (QED) is 0.471. The maximum atomic E-state index is 13.3. The van der Waals surface area contributed by atoms with Crippen LogP contribution in [0, 0.1) is 11.2 Å². The number of halogens is 1. The molecule has 0 bridgehead atoms. The molecule has 2 amide bonds. The molecule has 0 aliphatic rings. The van der Waals surface area contributed by atoms with Crippen LogP contribution in [-0.2, 0) is 34.1 Å². The average Bonchev–Trinajstić information content (AvgIpc) is 2.74. The van der Waals surface area contributed by atoms with Crippen molar-refractivity contribution in [3.63, 3.8) is 0 Å². The molecule has 0 saturated heterocycles. The van der Waals surface area contributed by atoms with Crippen LogP contribution in [0.3, 0.4) is 0 Å². The zero-order valence-corrected chi connectivity index (χ0v) is 21.1. The lowest BCUT2D eigenvalue weighted by Crippen LogP contribution is -2.59. The second-order valence-electron chi connectivity index (χ2n) is 9.56. The van der Waals surface area contributed by atoms with Gasteiger partial charge in [-0.15, -0.1) is 0 Å². The van der Waals surface area contributed by atoms with E-state index in [1.54, 1.807) is 48.5 Å². The van der Waals surface area contributed by atoms with Crippen LogP contribution in [0.15, 0.2) is 24.3 Å². The first-order chi connectivity index (χ1) is 15.7. The molecular weight excluding hydrogens is 443 g/mol. The zero-order chi connectivity index (χ0) is 26.1. The van der Waals surface area contributed by atoms with E-state index in [4.69, 9.17) is 9.47 Å². The minimum absolute atomic E-state index is 0.00467. The molecule has 2 N–H and O–H groups in total. The number of hydrogen-bond acceptors (Lipinski definition) is 6. The molecule has 0 aliphatic heterocycles. The van der Waals surface area contributed by atoms with E-state index in [0.29, 0.717) is 5.56 Å². The first-order valence-electron chi connectivity index (χ1n) is 11.4. The van der Waals surface area contributed by atoms with Gasteiger partial charge in [0.05, 0.1) is 18.6 Å². The van der Waals surface area contributed by atoms with Crippen LogP contribution in [0.4, 0.5) is 4.39 Å². The van der Waals surface area contributed by atoms with Crippen LogP contribution >= 0.6 is 0 Å². The molecular formula is C25H37FN2O6. The summed E-state index contributed by atoms with van der Waals surface area (Å²) < 4.78 is 23.3. The highest BCUT2D eigenvalue weighted by Gasteiger charge is 2.39. The number of benzene rings is 1. The molecule has 0 radical (unpaired) electrons. The fraction of sp³-hybridized carbons (Fsp3) is 0.600. The van der Waals surface area contributed by atoms with Crippen molar-refractivity contribution in [2.45, 2.75) is 78.8 Å². The van der Waals surface area contributed by atoms with Crippen molar-refractivity contribution < 1.29 is 33.0 Å². The van der Waals surface area contributed by atoms with Crippen molar-refractivity contribution in [3.8, 4) is 0 Å². The Bertz CT molecular complexity index is 861. The number of carbonyl (C=O) groups is 4. The summed E-state index contributed by atoms with van der Waals surface area (Å²) in [6.45, 7) is 12.3. The van der Waals surface area contributed by atoms with Crippen molar-refractivity contribution in [3.05, 3.63) is 35.6 Å². The fourth-order valence-electron chi connectivity index (χ4n) is 3.23. The Morgan fingerprint density at radius 2 is 1.47 bits per heavy atom. The average molecular weight is 481 g/mol. The summed E-state index contributed by atoms with van der Waals surface area (Å²) in [7, 11) is 0. The van der Waals surface area contributed by atoms with Gasteiger partial charge in [0.2, 0.25) is 11.8 Å². The topological polar surface area (TPSA) is 111 Å². The summed E-state index contributed by atoms with van der Waals surface area (Å²) in [5.74, 6) is -2.61. The summed E-state index contributed by atoms with van der Waals surface area (Å²) in [6, 6.07) is 3.50. The van der Waals surface area contributed by atoms with Crippen molar-refractivity contribution in [2.24, 2.45) is 5.41 Å². The van der Waals surface area contributed by atoms with Gasteiger partial charge in [-0.05, 0) is 57.2 Å². The molecule has 1 rings (SSSR count). The maximum absolute atomic E-state index is 13.3. The van der Waals surface area contributed by atoms with Crippen LogP contribution < -0.4 is 10.6 Å². The van der Waals surface area contributed by atoms with E-state index >= 15 is 0 Å². The Kier molecular flexibility index (Phi) is 10.7. The number of carbonyl (C=O) groups excluding carboxylic acids is 4. The predicted molar refractivity (Wildman–Crippen MR) is 125 cm³/mol. The van der Waals surface area contributed by atoms with E-state index in [1.807, 2.05) is 0 Å². The normalized spacial score (nSPS) is 13.4. The van der Waals surface area contributed by atoms with Gasteiger partial charge < -0.3 is 20.1 Å². The van der Waals surface area contributed by atoms with Crippen molar-refractivity contribution in [1.82, 2.24) is 10.6 Å². The molecule has 1 aromatic carbocycles. The number of hydrogen-bond donors (Lipinski definition) is 2. The first-order valence-corrected chi connectivity index (χ1v) is 11.4. The second kappa shape index (κ2) is 12.5. The minimum atomic E-state index is -1.08. The van der Waals surface area contributed by atoms with Gasteiger partial charge in [0.15, 0.2) is 0 Å². The largest absolute Gasteiger partial charge is 0.466 e. The number of amides is 2. The Labute approximate surface area is 201 Å². The third-order valence-electron chi connectivity index (χ3n) is 5.37. The van der Waals surface area contributed by atoms with Crippen LogP contribution in [0.5, 0.6) is 0 Å². The van der Waals surface area contributed by atoms with Gasteiger partial charge in [-0.2, -0.15) is 0 Å². The third-order valence-corrected chi connectivity index (χ3v) is 5.37. The van der Waals surface area contributed by atoms with Crippen LogP contribution in [0.2, 0.25) is 0 Å². The second-order valence-corrected chi connectivity index (χ2v) is 9.56. The lowest BCUT2D eigenvalue weighted by molar-refractivity contribution is -0.149. The lowest BCUT2D eigenvalue weighted by atomic mass is 9.81. The molecule has 34 heavy (non-hydrogen) atoms. The van der Waals surface area contributed by atoms with E-state index in [2.05, 4.69) is 10.6 Å². The van der Waals surface area contributed by atoms with Gasteiger partial charge in [0.1, 0.15) is 17.9 Å². The summed E-state index contributed by atoms with van der Waals surface area (Å²) in [5.41, 5.74) is -1.18. The summed E-state index contributed by atoms with van der Waals surface area (Å²) in [5, 5.41) is 5.41. The van der Waals surface area contributed by atoms with Gasteiger partial charge in [-0.3, -0.25) is 14.4 Å². The highest BCUT2D eigenvalue weighted by molar-refractivity contribution is 5.94. The lowest BCUT2D eigenvalue weighted by Gasteiger charge is -2.34. The Hall–Kier alpha value is -2.97. The van der Waals surface area contributed by atoms with Gasteiger partial charge in [0, 0.05) is 6.42 Å². The molecule has 0 heterocycles. The van der Waals surface area contributed by atoms with Gasteiger partial charge in [-0.25, -0.2) is 9.18 Å². The van der Waals surface area contributed by atoms with E-state index < -0.39 is 52.5 Å². The number of rotatable bonds is 11. The van der Waals surface area contributed by atoms with Crippen molar-refractivity contribution >= 4 is 23.8 Å². The third kappa shape index (κ3) is 8.43. The molecule has 190 valence electrons.